The lowest BCUT2D eigenvalue weighted by atomic mass is 10.2. The van der Waals surface area contributed by atoms with Gasteiger partial charge in [0, 0.05) is 17.5 Å². The van der Waals surface area contributed by atoms with Crippen LogP contribution in [0.25, 0.3) is 0 Å². The van der Waals surface area contributed by atoms with E-state index >= 15 is 0 Å². The third-order valence-corrected chi connectivity index (χ3v) is 3.25. The van der Waals surface area contributed by atoms with E-state index in [0.29, 0.717) is 18.7 Å². The molecule has 25 heavy (non-hydrogen) atoms. The zero-order chi connectivity index (χ0) is 18.8. The quantitative estimate of drug-likeness (QED) is 0.243. The van der Waals surface area contributed by atoms with Crippen LogP contribution in [0, 0.1) is 5.82 Å². The van der Waals surface area contributed by atoms with Crippen molar-refractivity contribution in [3.63, 3.8) is 0 Å². The number of allylic oxidation sites excluding steroid dienone is 1. The van der Waals surface area contributed by atoms with Gasteiger partial charge in [-0.15, -0.1) is 0 Å². The standard InChI is InChI=1S/C18H22FNO5/c1-4-24-17(13(3)18(23)25-5-2)8-9-20(12-22)15-6-7-16(19)14(10-15)11-21/h6-10,12,21H,4-5,11H2,1-3H3/b9-8-,17-13-. The van der Waals surface area contributed by atoms with Crippen molar-refractivity contribution in [1.29, 1.82) is 0 Å². The minimum absolute atomic E-state index is 0.0704. The maximum Gasteiger partial charge on any atom is 0.337 e. The van der Waals surface area contributed by atoms with Gasteiger partial charge in [0.05, 0.1) is 25.4 Å². The van der Waals surface area contributed by atoms with E-state index in [1.807, 2.05) is 0 Å². The van der Waals surface area contributed by atoms with Crippen molar-refractivity contribution in [1.82, 2.24) is 0 Å². The third kappa shape index (κ3) is 5.72. The van der Waals surface area contributed by atoms with E-state index < -0.39 is 18.4 Å². The molecule has 1 amide bonds. The summed E-state index contributed by atoms with van der Waals surface area (Å²) >= 11 is 0. The van der Waals surface area contributed by atoms with Crippen LogP contribution in [0.2, 0.25) is 0 Å². The van der Waals surface area contributed by atoms with Gasteiger partial charge in [-0.1, -0.05) is 0 Å². The van der Waals surface area contributed by atoms with Crippen LogP contribution in [-0.4, -0.2) is 30.7 Å². The molecule has 0 saturated heterocycles. The van der Waals surface area contributed by atoms with Gasteiger partial charge in [0.2, 0.25) is 6.41 Å². The fourth-order valence-electron chi connectivity index (χ4n) is 1.95. The number of carbonyl (C=O) groups excluding carboxylic acids is 2. The summed E-state index contributed by atoms with van der Waals surface area (Å²) < 4.78 is 23.8. The Hall–Kier alpha value is -2.67. The molecule has 136 valence electrons. The first kappa shape index (κ1) is 20.4. The number of benzene rings is 1. The van der Waals surface area contributed by atoms with E-state index in [1.54, 1.807) is 20.8 Å². The van der Waals surface area contributed by atoms with Crippen molar-refractivity contribution in [2.24, 2.45) is 0 Å². The number of rotatable bonds is 9. The van der Waals surface area contributed by atoms with E-state index in [4.69, 9.17) is 14.6 Å². The Morgan fingerprint density at radius 1 is 1.28 bits per heavy atom. The first-order chi connectivity index (χ1) is 12.0. The zero-order valence-electron chi connectivity index (χ0n) is 14.5. The molecule has 0 bridgehead atoms. The van der Waals surface area contributed by atoms with Crippen LogP contribution in [0.5, 0.6) is 0 Å². The molecule has 0 atom stereocenters. The molecule has 7 heteroatoms. The molecule has 1 aromatic rings. The summed E-state index contributed by atoms with van der Waals surface area (Å²) in [5.41, 5.74) is 0.698. The molecule has 0 fully saturated rings. The molecule has 0 aromatic heterocycles. The molecular formula is C18H22FNO5. The Bertz CT molecular complexity index is 669. The summed E-state index contributed by atoms with van der Waals surface area (Å²) in [4.78, 5) is 24.3. The monoisotopic (exact) mass is 351 g/mol. The second-order valence-electron chi connectivity index (χ2n) is 4.90. The fraction of sp³-hybridized carbons (Fsp3) is 0.333. The number of hydrogen-bond donors (Lipinski definition) is 1. The second kappa shape index (κ2) is 10.2. The molecule has 0 saturated carbocycles. The number of aliphatic hydroxyl groups is 1. The lowest BCUT2D eigenvalue weighted by molar-refractivity contribution is -0.138. The maximum absolute atomic E-state index is 13.5. The minimum Gasteiger partial charge on any atom is -0.493 e. The number of carbonyl (C=O) groups is 2. The second-order valence-corrected chi connectivity index (χ2v) is 4.90. The maximum atomic E-state index is 13.5. The van der Waals surface area contributed by atoms with E-state index in [2.05, 4.69) is 0 Å². The number of esters is 1. The Morgan fingerprint density at radius 2 is 1.96 bits per heavy atom. The van der Waals surface area contributed by atoms with E-state index in [1.165, 1.54) is 29.3 Å². The van der Waals surface area contributed by atoms with Gasteiger partial charge in [-0.2, -0.15) is 0 Å². The highest BCUT2D eigenvalue weighted by molar-refractivity contribution is 5.89. The first-order valence-corrected chi connectivity index (χ1v) is 7.80. The summed E-state index contributed by atoms with van der Waals surface area (Å²) in [5, 5.41) is 9.13. The molecule has 1 aromatic carbocycles. The summed E-state index contributed by atoms with van der Waals surface area (Å²) in [6.07, 6.45) is 3.36. The normalized spacial score (nSPS) is 11.9. The van der Waals surface area contributed by atoms with Gasteiger partial charge < -0.3 is 14.6 Å². The van der Waals surface area contributed by atoms with Crippen LogP contribution in [0.1, 0.15) is 26.3 Å². The van der Waals surface area contributed by atoms with Crippen LogP contribution >= 0.6 is 0 Å². The van der Waals surface area contributed by atoms with Crippen molar-refractivity contribution in [2.75, 3.05) is 18.1 Å². The lowest BCUT2D eigenvalue weighted by Gasteiger charge is -2.15. The number of ether oxygens (including phenoxy) is 2. The average molecular weight is 351 g/mol. The molecule has 0 aliphatic rings. The highest BCUT2D eigenvalue weighted by Crippen LogP contribution is 2.19. The summed E-state index contributed by atoms with van der Waals surface area (Å²) in [6.45, 7) is 5.09. The topological polar surface area (TPSA) is 76.1 Å². The number of amides is 1. The van der Waals surface area contributed by atoms with Gasteiger partial charge in [-0.05, 0) is 45.0 Å². The summed E-state index contributed by atoms with van der Waals surface area (Å²) in [6, 6.07) is 3.92. The largest absolute Gasteiger partial charge is 0.493 e. The van der Waals surface area contributed by atoms with Gasteiger partial charge in [-0.3, -0.25) is 9.69 Å². The zero-order valence-corrected chi connectivity index (χ0v) is 14.5. The minimum atomic E-state index is -0.561. The molecule has 0 aliphatic carbocycles. The van der Waals surface area contributed by atoms with Gasteiger partial charge in [0.25, 0.3) is 0 Å². The number of aliphatic hydroxyl groups excluding tert-OH is 1. The Balaban J connectivity index is 3.13. The number of hydrogen-bond acceptors (Lipinski definition) is 5. The Morgan fingerprint density at radius 3 is 2.52 bits per heavy atom. The molecule has 0 radical (unpaired) electrons. The highest BCUT2D eigenvalue weighted by Gasteiger charge is 2.12. The molecule has 6 nitrogen and oxygen atoms in total. The van der Waals surface area contributed by atoms with Crippen LogP contribution in [0.15, 0.2) is 41.8 Å². The number of halogens is 1. The SMILES string of the molecule is CCOC(=O)/C(C)=C(/C=C\N(C=O)c1ccc(F)c(CO)c1)OCC. The highest BCUT2D eigenvalue weighted by atomic mass is 19.1. The molecular weight excluding hydrogens is 329 g/mol. The first-order valence-electron chi connectivity index (χ1n) is 7.80. The number of nitrogens with zero attached hydrogens (tertiary/aromatic N) is 1. The third-order valence-electron chi connectivity index (χ3n) is 3.25. The van der Waals surface area contributed by atoms with E-state index in [-0.39, 0.29) is 23.5 Å². The van der Waals surface area contributed by atoms with Crippen molar-refractivity contribution in [3.05, 3.63) is 53.2 Å². The fourth-order valence-corrected chi connectivity index (χ4v) is 1.95. The van der Waals surface area contributed by atoms with Crippen molar-refractivity contribution in [3.8, 4) is 0 Å². The molecule has 1 N–H and O–H groups in total. The van der Waals surface area contributed by atoms with Crippen LogP contribution < -0.4 is 4.90 Å². The van der Waals surface area contributed by atoms with Crippen molar-refractivity contribution in [2.45, 2.75) is 27.4 Å². The molecule has 0 aliphatic heterocycles. The van der Waals surface area contributed by atoms with Crippen LogP contribution in [0.4, 0.5) is 10.1 Å². The van der Waals surface area contributed by atoms with Gasteiger partial charge >= 0.3 is 5.97 Å². The van der Waals surface area contributed by atoms with Crippen molar-refractivity contribution >= 4 is 18.1 Å². The molecule has 0 spiro atoms. The lowest BCUT2D eigenvalue weighted by Crippen LogP contribution is -2.14. The van der Waals surface area contributed by atoms with E-state index in [9.17, 15) is 14.0 Å². The van der Waals surface area contributed by atoms with Gasteiger partial charge in [-0.25, -0.2) is 9.18 Å². The molecule has 0 heterocycles. The Labute approximate surface area is 146 Å². The van der Waals surface area contributed by atoms with Gasteiger partial charge in [0.1, 0.15) is 11.6 Å². The summed E-state index contributed by atoms with van der Waals surface area (Å²) in [5.74, 6) is -0.816. The predicted octanol–water partition coefficient (Wildman–Crippen LogP) is 2.67. The molecule has 1 rings (SSSR count). The van der Waals surface area contributed by atoms with Gasteiger partial charge in [0.15, 0.2) is 0 Å². The van der Waals surface area contributed by atoms with Crippen LogP contribution in [0.3, 0.4) is 0 Å². The van der Waals surface area contributed by atoms with E-state index in [0.717, 1.165) is 6.07 Å². The smallest absolute Gasteiger partial charge is 0.337 e. The summed E-state index contributed by atoms with van der Waals surface area (Å²) in [7, 11) is 0. The predicted molar refractivity (Wildman–Crippen MR) is 91.0 cm³/mol. The van der Waals surface area contributed by atoms with Crippen molar-refractivity contribution < 1.29 is 28.6 Å². The average Bonchev–Trinajstić information content (AvgIpc) is 2.61. The Kier molecular flexibility index (Phi) is 8.35. The van der Waals surface area contributed by atoms with Crippen LogP contribution in [-0.2, 0) is 25.7 Å². The number of anilines is 1. The molecule has 0 unspecified atom stereocenters.